The van der Waals surface area contributed by atoms with Crippen LogP contribution in [0, 0.1) is 0 Å². The van der Waals surface area contributed by atoms with Crippen molar-refractivity contribution in [3.63, 3.8) is 0 Å². The zero-order valence-corrected chi connectivity index (χ0v) is 14.5. The van der Waals surface area contributed by atoms with E-state index < -0.39 is 0 Å². The number of methoxy groups -OCH3 is 2. The highest BCUT2D eigenvalue weighted by Crippen LogP contribution is 2.27. The Labute approximate surface area is 146 Å². The molecule has 1 aromatic heterocycles. The van der Waals surface area contributed by atoms with E-state index in [4.69, 9.17) is 9.47 Å². The second-order valence-corrected chi connectivity index (χ2v) is 5.94. The minimum atomic E-state index is -0.241. The summed E-state index contributed by atoms with van der Waals surface area (Å²) in [6.07, 6.45) is 3.71. The zero-order valence-electron chi connectivity index (χ0n) is 14.5. The van der Waals surface area contributed by atoms with E-state index in [9.17, 15) is 4.79 Å². The van der Waals surface area contributed by atoms with Crippen LogP contribution in [-0.2, 0) is 6.54 Å². The first-order chi connectivity index (χ1) is 12.2. The van der Waals surface area contributed by atoms with Gasteiger partial charge in [0.1, 0.15) is 0 Å². The van der Waals surface area contributed by atoms with Gasteiger partial charge in [-0.1, -0.05) is 11.3 Å². The van der Waals surface area contributed by atoms with Crippen molar-refractivity contribution < 1.29 is 14.3 Å². The number of hydrogen-bond donors (Lipinski definition) is 2. The van der Waals surface area contributed by atoms with E-state index in [1.165, 1.54) is 0 Å². The van der Waals surface area contributed by atoms with Gasteiger partial charge in [-0.15, -0.1) is 5.10 Å². The third-order valence-electron chi connectivity index (χ3n) is 4.33. The van der Waals surface area contributed by atoms with Gasteiger partial charge < -0.3 is 20.1 Å². The Bertz CT molecular complexity index is 725. The first kappa shape index (κ1) is 17.2. The second-order valence-electron chi connectivity index (χ2n) is 5.94. The van der Waals surface area contributed by atoms with Gasteiger partial charge in [-0.05, 0) is 43.6 Å². The van der Waals surface area contributed by atoms with Crippen LogP contribution >= 0.6 is 0 Å². The molecule has 2 heterocycles. The van der Waals surface area contributed by atoms with E-state index in [1.807, 2.05) is 18.2 Å². The molecule has 8 heteroatoms. The van der Waals surface area contributed by atoms with E-state index >= 15 is 0 Å². The van der Waals surface area contributed by atoms with Gasteiger partial charge in [0, 0.05) is 6.54 Å². The quantitative estimate of drug-likeness (QED) is 0.816. The number of amides is 1. The molecule has 134 valence electrons. The maximum absolute atomic E-state index is 12.3. The lowest BCUT2D eigenvalue weighted by atomic mass is 10.1. The molecule has 1 amide bonds. The minimum absolute atomic E-state index is 0.241. The smallest absolute Gasteiger partial charge is 0.273 e. The van der Waals surface area contributed by atoms with Crippen molar-refractivity contribution >= 4 is 5.91 Å². The SMILES string of the molecule is COc1ccc(CNC(=O)c2cn(C3CCNCC3)nn2)cc1OC. The molecule has 0 aliphatic carbocycles. The third-order valence-corrected chi connectivity index (χ3v) is 4.33. The standard InChI is InChI=1S/C17H23N5O3/c1-24-15-4-3-12(9-16(15)25-2)10-19-17(23)14-11-22(21-20-14)13-5-7-18-8-6-13/h3-4,9,11,13,18H,5-8,10H2,1-2H3,(H,19,23). The Hall–Kier alpha value is -2.61. The van der Waals surface area contributed by atoms with Crippen molar-refractivity contribution in [1.82, 2.24) is 25.6 Å². The fourth-order valence-electron chi connectivity index (χ4n) is 2.89. The average Bonchev–Trinajstić information content (AvgIpc) is 3.17. The summed E-state index contributed by atoms with van der Waals surface area (Å²) < 4.78 is 12.3. The molecule has 0 spiro atoms. The van der Waals surface area contributed by atoms with Gasteiger partial charge in [-0.25, -0.2) is 4.68 Å². The van der Waals surface area contributed by atoms with E-state index in [0.717, 1.165) is 31.5 Å². The molecule has 0 radical (unpaired) electrons. The van der Waals surface area contributed by atoms with Crippen molar-refractivity contribution in [3.05, 3.63) is 35.7 Å². The van der Waals surface area contributed by atoms with E-state index in [-0.39, 0.29) is 5.91 Å². The van der Waals surface area contributed by atoms with Crippen molar-refractivity contribution in [2.24, 2.45) is 0 Å². The molecular formula is C17H23N5O3. The molecule has 1 aliphatic heterocycles. The fraction of sp³-hybridized carbons (Fsp3) is 0.471. The molecular weight excluding hydrogens is 322 g/mol. The molecule has 0 atom stereocenters. The molecule has 2 N–H and O–H groups in total. The highest BCUT2D eigenvalue weighted by Gasteiger charge is 2.18. The van der Waals surface area contributed by atoms with Crippen molar-refractivity contribution in [2.75, 3.05) is 27.3 Å². The molecule has 3 rings (SSSR count). The molecule has 1 aromatic carbocycles. The molecule has 2 aromatic rings. The number of benzene rings is 1. The first-order valence-electron chi connectivity index (χ1n) is 8.33. The summed E-state index contributed by atoms with van der Waals surface area (Å²) in [5.41, 5.74) is 1.25. The number of nitrogens with one attached hydrogen (secondary N) is 2. The third kappa shape index (κ3) is 4.08. The van der Waals surface area contributed by atoms with Crippen molar-refractivity contribution in [2.45, 2.75) is 25.4 Å². The summed E-state index contributed by atoms with van der Waals surface area (Å²) in [6.45, 7) is 2.30. The monoisotopic (exact) mass is 345 g/mol. The first-order valence-corrected chi connectivity index (χ1v) is 8.33. The molecule has 0 bridgehead atoms. The van der Waals surface area contributed by atoms with Crippen LogP contribution in [0.2, 0.25) is 0 Å². The predicted molar refractivity (Wildman–Crippen MR) is 91.9 cm³/mol. The molecule has 1 fully saturated rings. The minimum Gasteiger partial charge on any atom is -0.493 e. The fourth-order valence-corrected chi connectivity index (χ4v) is 2.89. The Morgan fingerprint density at radius 1 is 1.28 bits per heavy atom. The highest BCUT2D eigenvalue weighted by atomic mass is 16.5. The number of ether oxygens (including phenoxy) is 2. The van der Waals surface area contributed by atoms with E-state index in [2.05, 4.69) is 20.9 Å². The number of hydrogen-bond acceptors (Lipinski definition) is 6. The normalized spacial score (nSPS) is 15.0. The summed E-state index contributed by atoms with van der Waals surface area (Å²) in [7, 11) is 3.17. The van der Waals surface area contributed by atoms with E-state index in [0.29, 0.717) is 29.8 Å². The summed E-state index contributed by atoms with van der Waals surface area (Å²) >= 11 is 0. The Balaban J connectivity index is 1.60. The lowest BCUT2D eigenvalue weighted by Crippen LogP contribution is -2.29. The topological polar surface area (TPSA) is 90.3 Å². The molecule has 0 unspecified atom stereocenters. The number of carbonyl (C=O) groups is 1. The van der Waals surface area contributed by atoms with Crippen LogP contribution in [0.1, 0.15) is 34.9 Å². The summed E-state index contributed by atoms with van der Waals surface area (Å²) in [5, 5.41) is 14.3. The number of piperidine rings is 1. The van der Waals surface area contributed by atoms with Crippen LogP contribution in [-0.4, -0.2) is 48.2 Å². The summed E-state index contributed by atoms with van der Waals surface area (Å²) in [4.78, 5) is 12.3. The van der Waals surface area contributed by atoms with Gasteiger partial charge >= 0.3 is 0 Å². The van der Waals surface area contributed by atoms with E-state index in [1.54, 1.807) is 25.1 Å². The van der Waals surface area contributed by atoms with Gasteiger partial charge in [-0.3, -0.25) is 4.79 Å². The van der Waals surface area contributed by atoms with Crippen LogP contribution in [0.4, 0.5) is 0 Å². The molecule has 1 aliphatic rings. The van der Waals surface area contributed by atoms with Crippen LogP contribution in [0.5, 0.6) is 11.5 Å². The summed E-state index contributed by atoms with van der Waals surface area (Å²) in [6, 6.07) is 5.84. The number of aromatic nitrogens is 3. The highest BCUT2D eigenvalue weighted by molar-refractivity contribution is 5.91. The Morgan fingerprint density at radius 3 is 2.76 bits per heavy atom. The van der Waals surface area contributed by atoms with Gasteiger partial charge in [0.05, 0.1) is 26.5 Å². The molecule has 1 saturated heterocycles. The second kappa shape index (κ2) is 7.98. The lowest BCUT2D eigenvalue weighted by Gasteiger charge is -2.22. The van der Waals surface area contributed by atoms with Gasteiger partial charge in [0.15, 0.2) is 17.2 Å². The van der Waals surface area contributed by atoms with Gasteiger partial charge in [-0.2, -0.15) is 0 Å². The lowest BCUT2D eigenvalue weighted by molar-refractivity contribution is 0.0945. The van der Waals surface area contributed by atoms with Crippen molar-refractivity contribution in [3.8, 4) is 11.5 Å². The largest absolute Gasteiger partial charge is 0.493 e. The van der Waals surface area contributed by atoms with Crippen LogP contribution in [0.25, 0.3) is 0 Å². The summed E-state index contributed by atoms with van der Waals surface area (Å²) in [5.74, 6) is 1.04. The van der Waals surface area contributed by atoms with Crippen LogP contribution in [0.15, 0.2) is 24.4 Å². The average molecular weight is 345 g/mol. The molecule has 8 nitrogen and oxygen atoms in total. The number of rotatable bonds is 6. The van der Waals surface area contributed by atoms with Crippen LogP contribution < -0.4 is 20.1 Å². The van der Waals surface area contributed by atoms with Gasteiger partial charge in [0.25, 0.3) is 5.91 Å². The predicted octanol–water partition coefficient (Wildman–Crippen LogP) is 1.15. The Kier molecular flexibility index (Phi) is 5.49. The maximum atomic E-state index is 12.3. The number of nitrogens with zero attached hydrogens (tertiary/aromatic N) is 3. The molecule has 25 heavy (non-hydrogen) atoms. The maximum Gasteiger partial charge on any atom is 0.273 e. The van der Waals surface area contributed by atoms with Gasteiger partial charge in [0.2, 0.25) is 0 Å². The van der Waals surface area contributed by atoms with Crippen LogP contribution in [0.3, 0.4) is 0 Å². The Morgan fingerprint density at radius 2 is 2.04 bits per heavy atom. The molecule has 0 saturated carbocycles. The van der Waals surface area contributed by atoms with Crippen molar-refractivity contribution in [1.29, 1.82) is 0 Å². The zero-order chi connectivity index (χ0) is 17.6. The number of carbonyl (C=O) groups excluding carboxylic acids is 1.